The topological polar surface area (TPSA) is 72.2 Å². The third-order valence-corrected chi connectivity index (χ3v) is 1.93. The molecule has 0 aromatic carbocycles. The van der Waals surface area contributed by atoms with Gasteiger partial charge in [-0.3, -0.25) is 9.36 Å². The van der Waals surface area contributed by atoms with Gasteiger partial charge in [0.2, 0.25) is 0 Å². The van der Waals surface area contributed by atoms with Crippen LogP contribution in [0.5, 0.6) is 0 Å². The molecule has 0 saturated carbocycles. The normalized spacial score (nSPS) is 10.6. The van der Waals surface area contributed by atoms with E-state index in [0.29, 0.717) is 5.82 Å². The fourth-order valence-electron chi connectivity index (χ4n) is 1.31. The SMILES string of the molecule is Cc1ncc(C(=O)O)c(=O)n1C(C)C. The summed E-state index contributed by atoms with van der Waals surface area (Å²) in [5, 5.41) is 8.71. The summed E-state index contributed by atoms with van der Waals surface area (Å²) in [6.07, 6.45) is 1.10. The lowest BCUT2D eigenvalue weighted by molar-refractivity contribution is 0.0693. The largest absolute Gasteiger partial charge is 0.477 e. The Hall–Kier alpha value is -1.65. The Bertz CT molecular complexity index is 421. The van der Waals surface area contributed by atoms with Crippen molar-refractivity contribution in [1.29, 1.82) is 0 Å². The number of aromatic nitrogens is 2. The van der Waals surface area contributed by atoms with Gasteiger partial charge in [-0.25, -0.2) is 9.78 Å². The second-order valence-corrected chi connectivity index (χ2v) is 3.29. The van der Waals surface area contributed by atoms with Gasteiger partial charge in [-0.1, -0.05) is 0 Å². The minimum atomic E-state index is -1.24. The second kappa shape index (κ2) is 3.61. The fraction of sp³-hybridized carbons (Fsp3) is 0.444. The van der Waals surface area contributed by atoms with Crippen molar-refractivity contribution < 1.29 is 9.90 Å². The summed E-state index contributed by atoms with van der Waals surface area (Å²) in [7, 11) is 0. The maximum Gasteiger partial charge on any atom is 0.342 e. The number of carbonyl (C=O) groups is 1. The molecule has 0 bridgehead atoms. The highest BCUT2D eigenvalue weighted by molar-refractivity contribution is 5.86. The van der Waals surface area contributed by atoms with Gasteiger partial charge in [0, 0.05) is 12.2 Å². The number of nitrogens with zero attached hydrogens (tertiary/aromatic N) is 2. The summed E-state index contributed by atoms with van der Waals surface area (Å²) in [4.78, 5) is 26.1. The first-order valence-corrected chi connectivity index (χ1v) is 4.26. The molecule has 0 aliphatic rings. The molecular weight excluding hydrogens is 184 g/mol. The number of carboxylic acids is 1. The van der Waals surface area contributed by atoms with Crippen LogP contribution in [0.2, 0.25) is 0 Å². The zero-order valence-corrected chi connectivity index (χ0v) is 8.31. The average Bonchev–Trinajstić information content (AvgIpc) is 2.02. The van der Waals surface area contributed by atoms with Gasteiger partial charge in [0.15, 0.2) is 0 Å². The van der Waals surface area contributed by atoms with Gasteiger partial charge in [-0.05, 0) is 20.8 Å². The van der Waals surface area contributed by atoms with E-state index in [1.165, 1.54) is 4.57 Å². The molecule has 0 spiro atoms. The molecule has 0 amide bonds. The van der Waals surface area contributed by atoms with Crippen LogP contribution in [-0.2, 0) is 0 Å². The molecule has 0 fully saturated rings. The fourth-order valence-corrected chi connectivity index (χ4v) is 1.31. The molecule has 0 aliphatic heterocycles. The van der Waals surface area contributed by atoms with Crippen molar-refractivity contribution in [3.05, 3.63) is 27.9 Å². The van der Waals surface area contributed by atoms with Crippen LogP contribution in [0, 0.1) is 6.92 Å². The van der Waals surface area contributed by atoms with Crippen LogP contribution >= 0.6 is 0 Å². The van der Waals surface area contributed by atoms with E-state index in [2.05, 4.69) is 4.98 Å². The van der Waals surface area contributed by atoms with Crippen molar-refractivity contribution in [3.63, 3.8) is 0 Å². The minimum Gasteiger partial charge on any atom is -0.477 e. The van der Waals surface area contributed by atoms with Gasteiger partial charge in [-0.15, -0.1) is 0 Å². The van der Waals surface area contributed by atoms with Gasteiger partial charge < -0.3 is 5.11 Å². The maximum absolute atomic E-state index is 11.6. The van der Waals surface area contributed by atoms with E-state index in [4.69, 9.17) is 5.11 Å². The molecule has 5 nitrogen and oxygen atoms in total. The van der Waals surface area contributed by atoms with E-state index in [1.54, 1.807) is 6.92 Å². The van der Waals surface area contributed by atoms with Crippen molar-refractivity contribution in [3.8, 4) is 0 Å². The molecule has 1 N–H and O–H groups in total. The third-order valence-electron chi connectivity index (χ3n) is 1.93. The average molecular weight is 196 g/mol. The molecule has 1 aromatic rings. The van der Waals surface area contributed by atoms with Gasteiger partial charge in [0.25, 0.3) is 5.56 Å². The number of carboxylic acid groups (broad SMARTS) is 1. The quantitative estimate of drug-likeness (QED) is 0.760. The number of rotatable bonds is 2. The Labute approximate surface area is 81.0 Å². The molecule has 1 heterocycles. The van der Waals surface area contributed by atoms with Gasteiger partial charge in [0.05, 0.1) is 0 Å². The minimum absolute atomic E-state index is 0.0886. The third kappa shape index (κ3) is 1.66. The van der Waals surface area contributed by atoms with E-state index < -0.39 is 11.5 Å². The van der Waals surface area contributed by atoms with E-state index >= 15 is 0 Å². The maximum atomic E-state index is 11.6. The van der Waals surface area contributed by atoms with Crippen LogP contribution in [0.25, 0.3) is 0 Å². The van der Waals surface area contributed by atoms with Gasteiger partial charge in [-0.2, -0.15) is 0 Å². The van der Waals surface area contributed by atoms with Crippen molar-refractivity contribution in [2.45, 2.75) is 26.8 Å². The summed E-state index contributed by atoms with van der Waals surface area (Å²) in [6.45, 7) is 5.29. The van der Waals surface area contributed by atoms with Crippen LogP contribution in [0.1, 0.15) is 36.1 Å². The van der Waals surface area contributed by atoms with E-state index in [-0.39, 0.29) is 11.6 Å². The molecule has 0 atom stereocenters. The Morgan fingerprint density at radius 1 is 1.57 bits per heavy atom. The molecule has 76 valence electrons. The Balaban J connectivity index is 3.50. The second-order valence-electron chi connectivity index (χ2n) is 3.29. The first-order chi connectivity index (χ1) is 6.45. The highest BCUT2D eigenvalue weighted by Gasteiger charge is 2.14. The Kier molecular flexibility index (Phi) is 2.69. The molecule has 1 aromatic heterocycles. The standard InChI is InChI=1S/C9H12N2O3/c1-5(2)11-6(3)10-4-7(8(11)12)9(13)14/h4-5H,1-3H3,(H,13,14). The van der Waals surface area contributed by atoms with Crippen molar-refractivity contribution in [2.24, 2.45) is 0 Å². The van der Waals surface area contributed by atoms with Gasteiger partial charge >= 0.3 is 5.97 Å². The van der Waals surface area contributed by atoms with E-state index in [0.717, 1.165) is 6.20 Å². The summed E-state index contributed by atoms with van der Waals surface area (Å²) >= 11 is 0. The molecule has 0 aliphatic carbocycles. The summed E-state index contributed by atoms with van der Waals surface area (Å²) in [6, 6.07) is -0.0886. The van der Waals surface area contributed by atoms with Crippen LogP contribution in [0.3, 0.4) is 0 Å². The monoisotopic (exact) mass is 196 g/mol. The number of aryl methyl sites for hydroxylation is 1. The zero-order chi connectivity index (χ0) is 10.9. The van der Waals surface area contributed by atoms with Crippen LogP contribution in [-0.4, -0.2) is 20.6 Å². The lowest BCUT2D eigenvalue weighted by atomic mass is 10.3. The Morgan fingerprint density at radius 2 is 2.14 bits per heavy atom. The first-order valence-electron chi connectivity index (χ1n) is 4.26. The van der Waals surface area contributed by atoms with Crippen LogP contribution < -0.4 is 5.56 Å². The van der Waals surface area contributed by atoms with Crippen LogP contribution in [0.15, 0.2) is 11.0 Å². The molecular formula is C9H12N2O3. The summed E-state index contributed by atoms with van der Waals surface area (Å²) in [5.74, 6) is -0.716. The molecule has 0 radical (unpaired) electrons. The molecule has 0 saturated heterocycles. The van der Waals surface area contributed by atoms with Crippen molar-refractivity contribution >= 4 is 5.97 Å². The predicted molar refractivity (Wildman–Crippen MR) is 50.6 cm³/mol. The van der Waals surface area contributed by atoms with Crippen molar-refractivity contribution in [2.75, 3.05) is 0 Å². The predicted octanol–water partition coefficient (Wildman–Crippen LogP) is 0.831. The summed E-state index contributed by atoms with van der Waals surface area (Å²) in [5.41, 5.74) is -0.788. The molecule has 1 rings (SSSR count). The van der Waals surface area contributed by atoms with Crippen molar-refractivity contribution in [1.82, 2.24) is 9.55 Å². The molecule has 0 unspecified atom stereocenters. The summed E-state index contributed by atoms with van der Waals surface area (Å²) < 4.78 is 1.36. The lowest BCUT2D eigenvalue weighted by Gasteiger charge is -2.12. The molecule has 14 heavy (non-hydrogen) atoms. The highest BCUT2D eigenvalue weighted by Crippen LogP contribution is 2.03. The molecule has 5 heteroatoms. The van der Waals surface area contributed by atoms with Gasteiger partial charge in [0.1, 0.15) is 11.4 Å². The Morgan fingerprint density at radius 3 is 2.57 bits per heavy atom. The highest BCUT2D eigenvalue weighted by atomic mass is 16.4. The zero-order valence-electron chi connectivity index (χ0n) is 8.31. The van der Waals surface area contributed by atoms with E-state index in [9.17, 15) is 9.59 Å². The van der Waals surface area contributed by atoms with Crippen LogP contribution in [0.4, 0.5) is 0 Å². The first kappa shape index (κ1) is 10.4. The lowest BCUT2D eigenvalue weighted by Crippen LogP contribution is -2.30. The smallest absolute Gasteiger partial charge is 0.342 e. The van der Waals surface area contributed by atoms with E-state index in [1.807, 2.05) is 13.8 Å². The number of aromatic carboxylic acids is 1. The number of hydrogen-bond acceptors (Lipinski definition) is 3. The number of hydrogen-bond donors (Lipinski definition) is 1.